The van der Waals surface area contributed by atoms with Gasteiger partial charge in [0.2, 0.25) is 0 Å². The van der Waals surface area contributed by atoms with Crippen molar-refractivity contribution in [3.05, 3.63) is 67.8 Å². The lowest BCUT2D eigenvalue weighted by atomic mass is 9.92. The van der Waals surface area contributed by atoms with E-state index in [1.807, 2.05) is 13.8 Å². The highest BCUT2D eigenvalue weighted by Gasteiger charge is 2.44. The number of ether oxygens (including phenoxy) is 2. The van der Waals surface area contributed by atoms with Crippen molar-refractivity contribution in [3.63, 3.8) is 0 Å². The zero-order valence-electron chi connectivity index (χ0n) is 31.0. The summed E-state index contributed by atoms with van der Waals surface area (Å²) in [5.41, 5.74) is 3.28. The third kappa shape index (κ3) is 6.70. The fraction of sp³-hybridized carbons (Fsp3) is 0.553. The molecule has 5 heterocycles. The molecule has 13 nitrogen and oxygen atoms in total. The molecule has 0 saturated carbocycles. The van der Waals surface area contributed by atoms with Gasteiger partial charge in [0, 0.05) is 62.0 Å². The quantitative estimate of drug-likeness (QED) is 0.320. The van der Waals surface area contributed by atoms with Gasteiger partial charge in [0.15, 0.2) is 11.6 Å². The highest BCUT2D eigenvalue weighted by molar-refractivity contribution is 7.87. The van der Waals surface area contributed by atoms with Gasteiger partial charge >= 0.3 is 15.8 Å². The molecule has 0 radical (unpaired) electrons. The van der Waals surface area contributed by atoms with Crippen LogP contribution in [0.5, 0.6) is 5.75 Å². The number of piperidine rings is 1. The number of piperazine rings is 1. The van der Waals surface area contributed by atoms with E-state index in [4.69, 9.17) is 13.9 Å². The molecule has 1 N–H and O–H groups in total. The first kappa shape index (κ1) is 37.3. The Morgan fingerprint density at radius 1 is 1.04 bits per heavy atom. The molecule has 15 heteroatoms. The third-order valence-corrected chi connectivity index (χ3v) is 13.1. The smallest absolute Gasteiger partial charge is 0.341 e. The number of carbonyl (C=O) groups is 2. The molecule has 286 valence electrons. The van der Waals surface area contributed by atoms with Gasteiger partial charge in [0.25, 0.3) is 11.8 Å². The van der Waals surface area contributed by atoms with Crippen LogP contribution in [0.25, 0.3) is 11.0 Å². The zero-order chi connectivity index (χ0) is 37.8. The van der Waals surface area contributed by atoms with Gasteiger partial charge in [-0.2, -0.15) is 12.7 Å². The number of likely N-dealkylation sites (N-methyl/N-ethyl adjacent to an activating group) is 1. The van der Waals surface area contributed by atoms with E-state index in [0.29, 0.717) is 24.2 Å². The first-order valence-electron chi connectivity index (χ1n) is 18.5. The number of carbonyl (C=O) groups excluding carboxylic acids is 2. The molecule has 3 aromatic rings. The minimum absolute atomic E-state index is 0.0356. The Balaban J connectivity index is 1.14. The molecule has 4 aliphatic rings. The van der Waals surface area contributed by atoms with Gasteiger partial charge in [0.1, 0.15) is 5.58 Å². The second kappa shape index (κ2) is 14.6. The molecule has 3 fully saturated rings. The maximum absolute atomic E-state index is 16.2. The van der Waals surface area contributed by atoms with Crippen molar-refractivity contribution in [2.24, 2.45) is 0 Å². The van der Waals surface area contributed by atoms with E-state index in [9.17, 15) is 22.8 Å². The summed E-state index contributed by atoms with van der Waals surface area (Å²) in [5, 5.41) is 0.850. The summed E-state index contributed by atoms with van der Waals surface area (Å²) < 4.78 is 63.2. The normalized spacial score (nSPS) is 22.3. The molecular weight excluding hydrogens is 706 g/mol. The Hall–Kier alpha value is -4.05. The van der Waals surface area contributed by atoms with Gasteiger partial charge < -0.3 is 23.7 Å². The SMILES string of the molecule is CCOc1c(C(=O)NS(=O)(=O)N2C3CCCC2CC3)ccc(C(=O)N2CCc3c(c(=O)oc4c(C)c(N5CCN(C)[C@@H](COC)C5)cc(C)c34)C2)c1F. The number of hydrogen-bond donors (Lipinski definition) is 1. The monoisotopic (exact) mass is 753 g/mol. The number of aryl methyl sites for hydroxylation is 2. The number of anilines is 1. The van der Waals surface area contributed by atoms with Crippen molar-refractivity contribution < 1.29 is 36.3 Å². The molecule has 2 amide bonds. The molecule has 2 aromatic carbocycles. The Morgan fingerprint density at radius 3 is 2.45 bits per heavy atom. The van der Waals surface area contributed by atoms with E-state index >= 15 is 4.39 Å². The van der Waals surface area contributed by atoms with Crippen LogP contribution in [0.4, 0.5) is 10.1 Å². The lowest BCUT2D eigenvalue weighted by Gasteiger charge is -2.41. The lowest BCUT2D eigenvalue weighted by molar-refractivity contribution is 0.0726. The number of methoxy groups -OCH3 is 1. The van der Waals surface area contributed by atoms with Gasteiger partial charge in [-0.3, -0.25) is 14.5 Å². The first-order valence-corrected chi connectivity index (χ1v) is 19.9. The average molecular weight is 754 g/mol. The average Bonchev–Trinajstić information content (AvgIpc) is 3.41. The van der Waals surface area contributed by atoms with Gasteiger partial charge in [-0.05, 0) is 89.2 Å². The van der Waals surface area contributed by atoms with Crippen molar-refractivity contribution >= 4 is 38.7 Å². The number of benzene rings is 2. The second-order valence-electron chi connectivity index (χ2n) is 14.7. The van der Waals surface area contributed by atoms with Crippen LogP contribution in [0.15, 0.2) is 27.4 Å². The molecule has 2 unspecified atom stereocenters. The summed E-state index contributed by atoms with van der Waals surface area (Å²) in [6, 6.07) is 4.39. The topological polar surface area (TPSA) is 142 Å². The third-order valence-electron chi connectivity index (χ3n) is 11.5. The van der Waals surface area contributed by atoms with Crippen molar-refractivity contribution in [1.82, 2.24) is 18.8 Å². The minimum atomic E-state index is -4.19. The molecule has 53 heavy (non-hydrogen) atoms. The number of nitrogens with one attached hydrogen (secondary N) is 1. The van der Waals surface area contributed by atoms with Crippen molar-refractivity contribution in [3.8, 4) is 5.75 Å². The van der Waals surface area contributed by atoms with E-state index in [1.54, 1.807) is 14.0 Å². The number of nitrogens with zero attached hydrogens (tertiary/aromatic N) is 4. The van der Waals surface area contributed by atoms with E-state index in [1.165, 1.54) is 15.3 Å². The molecule has 1 aromatic heterocycles. The summed E-state index contributed by atoms with van der Waals surface area (Å²) in [4.78, 5) is 46.8. The zero-order valence-corrected chi connectivity index (χ0v) is 31.8. The molecule has 4 aliphatic heterocycles. The number of rotatable bonds is 9. The molecule has 3 atom stereocenters. The van der Waals surface area contributed by atoms with Crippen molar-refractivity contribution in [1.29, 1.82) is 0 Å². The predicted molar refractivity (Wildman–Crippen MR) is 197 cm³/mol. The minimum Gasteiger partial charge on any atom is -0.490 e. The van der Waals surface area contributed by atoms with Gasteiger partial charge in [-0.1, -0.05) is 6.42 Å². The van der Waals surface area contributed by atoms with E-state index < -0.39 is 39.2 Å². The molecule has 7 rings (SSSR count). The van der Waals surface area contributed by atoms with Crippen LogP contribution in [-0.2, 0) is 27.9 Å². The van der Waals surface area contributed by atoms with Crippen LogP contribution in [0, 0.1) is 19.7 Å². The summed E-state index contributed by atoms with van der Waals surface area (Å²) in [6.07, 6.45) is 4.22. The summed E-state index contributed by atoms with van der Waals surface area (Å²) in [6.45, 7) is 8.71. The van der Waals surface area contributed by atoms with Crippen LogP contribution in [0.2, 0.25) is 0 Å². The van der Waals surface area contributed by atoms with E-state index in [2.05, 4.69) is 27.6 Å². The second-order valence-corrected chi connectivity index (χ2v) is 16.3. The largest absolute Gasteiger partial charge is 0.490 e. The number of halogens is 1. The maximum atomic E-state index is 16.2. The summed E-state index contributed by atoms with van der Waals surface area (Å²) in [7, 11) is -0.399. The van der Waals surface area contributed by atoms with Crippen molar-refractivity contribution in [2.45, 2.75) is 84.0 Å². The Labute approximate surface area is 309 Å². The van der Waals surface area contributed by atoms with Crippen LogP contribution in [0.3, 0.4) is 0 Å². The molecule has 0 spiro atoms. The van der Waals surface area contributed by atoms with Crippen molar-refractivity contribution in [2.75, 3.05) is 58.5 Å². The predicted octanol–water partition coefficient (Wildman–Crippen LogP) is 3.90. The Kier molecular flexibility index (Phi) is 10.3. The standard InChI is InChI=1S/C38H48FN5O8S/c1-6-51-35-29(36(45)40-53(48,49)44-24-8-7-9-25(44)11-10-24)13-12-28(33(35)39)37(46)43-15-14-27-30(20-43)38(47)52-34-23(3)31(18-22(2)32(27)34)42-17-16-41(4)26(19-42)21-50-5/h12-13,18,24-26H,6-11,14-17,19-21H2,1-5H3,(H,40,45)/t24?,25?,26-/m1/s1. The fourth-order valence-corrected chi connectivity index (χ4v) is 10.5. The maximum Gasteiger partial charge on any atom is 0.341 e. The van der Waals surface area contributed by atoms with Crippen LogP contribution in [-0.4, -0.2) is 106 Å². The van der Waals surface area contributed by atoms with Gasteiger partial charge in [-0.15, -0.1) is 0 Å². The van der Waals surface area contributed by atoms with Crippen LogP contribution in [0.1, 0.15) is 82.0 Å². The first-order chi connectivity index (χ1) is 25.3. The molecule has 0 aliphatic carbocycles. The Bertz CT molecular complexity index is 2110. The molecule has 2 bridgehead atoms. The highest BCUT2D eigenvalue weighted by atomic mass is 32.2. The number of hydrogen-bond acceptors (Lipinski definition) is 10. The highest BCUT2D eigenvalue weighted by Crippen LogP contribution is 2.39. The van der Waals surface area contributed by atoms with Crippen LogP contribution < -0.4 is 20.0 Å². The van der Waals surface area contributed by atoms with E-state index in [0.717, 1.165) is 85.6 Å². The lowest BCUT2D eigenvalue weighted by Crippen LogP contribution is -2.53. The van der Waals surface area contributed by atoms with Gasteiger partial charge in [0.05, 0.1) is 42.5 Å². The van der Waals surface area contributed by atoms with Gasteiger partial charge in [-0.25, -0.2) is 13.9 Å². The summed E-state index contributed by atoms with van der Waals surface area (Å²) in [5.74, 6) is -3.32. The number of amides is 2. The fourth-order valence-electron chi connectivity index (χ4n) is 8.83. The van der Waals surface area contributed by atoms with E-state index in [-0.39, 0.29) is 48.9 Å². The molecule has 3 saturated heterocycles. The molecular formula is C38H48FN5O8S. The van der Waals surface area contributed by atoms with Crippen LogP contribution >= 0.6 is 0 Å². The Morgan fingerprint density at radius 2 is 1.75 bits per heavy atom. The summed E-state index contributed by atoms with van der Waals surface area (Å²) >= 11 is 0. The number of fused-ring (bicyclic) bond motifs is 5.